The van der Waals surface area contributed by atoms with E-state index in [0.29, 0.717) is 23.3 Å². The number of nitrogens with zero attached hydrogens (tertiary/aromatic N) is 2. The van der Waals surface area contributed by atoms with Crippen molar-refractivity contribution < 1.29 is 0 Å². The lowest BCUT2D eigenvalue weighted by atomic mass is 10.3. The molecule has 0 spiro atoms. The lowest BCUT2D eigenvalue weighted by Gasteiger charge is -2.09. The minimum absolute atomic E-state index is 0.0647. The van der Waals surface area contributed by atoms with Gasteiger partial charge in [0.1, 0.15) is 4.47 Å². The minimum Gasteiger partial charge on any atom is -0.313 e. The molecular weight excluding hydrogens is 270 g/mol. The van der Waals surface area contributed by atoms with Crippen molar-refractivity contribution >= 4 is 15.9 Å². The summed E-state index contributed by atoms with van der Waals surface area (Å²) in [5, 5.41) is 3.17. The first-order chi connectivity index (χ1) is 7.56. The van der Waals surface area contributed by atoms with Gasteiger partial charge in [0.25, 0.3) is 5.56 Å². The molecular formula is C11H16BrN3O. The third kappa shape index (κ3) is 3.28. The Balaban J connectivity index is 2.79. The van der Waals surface area contributed by atoms with Crippen molar-refractivity contribution in [1.82, 2.24) is 14.9 Å². The van der Waals surface area contributed by atoms with Crippen molar-refractivity contribution in [1.29, 1.82) is 0 Å². The fourth-order valence-electron chi connectivity index (χ4n) is 1.26. The first kappa shape index (κ1) is 13.1. The van der Waals surface area contributed by atoms with Gasteiger partial charge in [0.15, 0.2) is 0 Å². The second-order valence-corrected chi connectivity index (χ2v) is 4.40. The van der Waals surface area contributed by atoms with Crippen molar-refractivity contribution in [2.75, 3.05) is 13.1 Å². The van der Waals surface area contributed by atoms with E-state index >= 15 is 0 Å². The van der Waals surface area contributed by atoms with Gasteiger partial charge in [0, 0.05) is 13.1 Å². The van der Waals surface area contributed by atoms with Crippen molar-refractivity contribution in [2.45, 2.75) is 20.4 Å². The summed E-state index contributed by atoms with van der Waals surface area (Å²) >= 11 is 3.23. The standard InChI is InChI=1S/C11H16BrN3O/c1-4-13-5-8(2)6-15-7-14-9(3)10(12)11(15)16/h7,13H,2,4-6H2,1,3H3. The second-order valence-electron chi connectivity index (χ2n) is 3.61. The quantitative estimate of drug-likeness (QED) is 0.834. The van der Waals surface area contributed by atoms with E-state index in [0.717, 1.165) is 12.1 Å². The summed E-state index contributed by atoms with van der Waals surface area (Å²) in [5.74, 6) is 0. The highest BCUT2D eigenvalue weighted by Crippen LogP contribution is 2.06. The molecule has 0 atom stereocenters. The average Bonchev–Trinajstić information content (AvgIpc) is 2.27. The average molecular weight is 286 g/mol. The van der Waals surface area contributed by atoms with E-state index in [4.69, 9.17) is 0 Å². The van der Waals surface area contributed by atoms with Crippen LogP contribution in [0, 0.1) is 6.92 Å². The van der Waals surface area contributed by atoms with Gasteiger partial charge in [0.05, 0.1) is 12.0 Å². The molecule has 0 bridgehead atoms. The largest absolute Gasteiger partial charge is 0.313 e. The highest BCUT2D eigenvalue weighted by atomic mass is 79.9. The molecule has 16 heavy (non-hydrogen) atoms. The van der Waals surface area contributed by atoms with Crippen LogP contribution in [0.4, 0.5) is 0 Å². The van der Waals surface area contributed by atoms with E-state index in [-0.39, 0.29) is 5.56 Å². The lowest BCUT2D eigenvalue weighted by molar-refractivity contribution is 0.671. The number of hydrogen-bond donors (Lipinski definition) is 1. The Morgan fingerprint density at radius 3 is 3.00 bits per heavy atom. The number of rotatable bonds is 5. The Labute approximate surface area is 104 Å². The molecule has 0 unspecified atom stereocenters. The highest BCUT2D eigenvalue weighted by molar-refractivity contribution is 9.10. The Bertz CT molecular complexity index is 439. The molecule has 0 aliphatic heterocycles. The second kappa shape index (κ2) is 5.96. The molecule has 88 valence electrons. The fraction of sp³-hybridized carbons (Fsp3) is 0.455. The smallest absolute Gasteiger partial charge is 0.268 e. The van der Waals surface area contributed by atoms with Gasteiger partial charge in [-0.2, -0.15) is 0 Å². The Morgan fingerprint density at radius 2 is 2.38 bits per heavy atom. The summed E-state index contributed by atoms with van der Waals surface area (Å²) < 4.78 is 2.07. The minimum atomic E-state index is -0.0647. The van der Waals surface area contributed by atoms with E-state index in [1.807, 2.05) is 6.92 Å². The van der Waals surface area contributed by atoms with Crippen LogP contribution in [-0.4, -0.2) is 22.6 Å². The third-order valence-corrected chi connectivity index (χ3v) is 3.09. The number of aryl methyl sites for hydroxylation is 1. The van der Waals surface area contributed by atoms with Crippen molar-refractivity contribution in [2.24, 2.45) is 0 Å². The molecule has 1 N–H and O–H groups in total. The van der Waals surface area contributed by atoms with Gasteiger partial charge in [-0.15, -0.1) is 0 Å². The van der Waals surface area contributed by atoms with Crippen LogP contribution in [0.2, 0.25) is 0 Å². The molecule has 0 fully saturated rings. The number of aromatic nitrogens is 2. The topological polar surface area (TPSA) is 46.9 Å². The van der Waals surface area contributed by atoms with E-state index < -0.39 is 0 Å². The molecule has 0 radical (unpaired) electrons. The van der Waals surface area contributed by atoms with Gasteiger partial charge < -0.3 is 5.32 Å². The molecule has 1 heterocycles. The predicted molar refractivity (Wildman–Crippen MR) is 68.6 cm³/mol. The van der Waals surface area contributed by atoms with E-state index in [9.17, 15) is 4.79 Å². The van der Waals surface area contributed by atoms with Crippen LogP contribution >= 0.6 is 15.9 Å². The summed E-state index contributed by atoms with van der Waals surface area (Å²) in [7, 11) is 0. The Hall–Kier alpha value is -0.940. The van der Waals surface area contributed by atoms with Crippen LogP contribution in [0.15, 0.2) is 27.7 Å². The van der Waals surface area contributed by atoms with Gasteiger partial charge in [-0.05, 0) is 35.0 Å². The molecule has 0 saturated heterocycles. The Morgan fingerprint density at radius 1 is 1.69 bits per heavy atom. The maximum absolute atomic E-state index is 11.8. The van der Waals surface area contributed by atoms with E-state index in [1.54, 1.807) is 17.8 Å². The molecule has 0 aromatic carbocycles. The molecule has 0 aliphatic carbocycles. The van der Waals surface area contributed by atoms with Crippen molar-refractivity contribution in [3.63, 3.8) is 0 Å². The SMILES string of the molecule is C=C(CNCC)Cn1cnc(C)c(Br)c1=O. The summed E-state index contributed by atoms with van der Waals surface area (Å²) in [5.41, 5.74) is 1.60. The zero-order chi connectivity index (χ0) is 12.1. The summed E-state index contributed by atoms with van der Waals surface area (Å²) in [6.45, 7) is 9.85. The van der Waals surface area contributed by atoms with Crippen LogP contribution < -0.4 is 10.9 Å². The lowest BCUT2D eigenvalue weighted by Crippen LogP contribution is -2.25. The van der Waals surface area contributed by atoms with Crippen LogP contribution in [-0.2, 0) is 6.54 Å². The number of nitrogens with one attached hydrogen (secondary N) is 1. The molecule has 4 nitrogen and oxygen atoms in total. The maximum atomic E-state index is 11.8. The number of likely N-dealkylation sites (N-methyl/N-ethyl adjacent to an activating group) is 1. The predicted octanol–water partition coefficient (Wildman–Crippen LogP) is 1.48. The monoisotopic (exact) mass is 285 g/mol. The van der Waals surface area contributed by atoms with Crippen LogP contribution in [0.25, 0.3) is 0 Å². The molecule has 0 amide bonds. The van der Waals surface area contributed by atoms with Gasteiger partial charge in [-0.25, -0.2) is 4.98 Å². The van der Waals surface area contributed by atoms with E-state index in [1.165, 1.54) is 0 Å². The highest BCUT2D eigenvalue weighted by Gasteiger charge is 2.05. The zero-order valence-corrected chi connectivity index (χ0v) is 11.2. The van der Waals surface area contributed by atoms with Crippen LogP contribution in [0.1, 0.15) is 12.6 Å². The van der Waals surface area contributed by atoms with E-state index in [2.05, 4.69) is 32.8 Å². The molecule has 1 aromatic rings. The summed E-state index contributed by atoms with van der Waals surface area (Å²) in [6.07, 6.45) is 1.56. The summed E-state index contributed by atoms with van der Waals surface area (Å²) in [4.78, 5) is 15.9. The molecule has 1 rings (SSSR count). The van der Waals surface area contributed by atoms with Gasteiger partial charge in [-0.3, -0.25) is 9.36 Å². The van der Waals surface area contributed by atoms with Gasteiger partial charge in [0.2, 0.25) is 0 Å². The zero-order valence-electron chi connectivity index (χ0n) is 9.59. The van der Waals surface area contributed by atoms with Crippen LogP contribution in [0.3, 0.4) is 0 Å². The molecule has 0 aliphatic rings. The number of hydrogen-bond acceptors (Lipinski definition) is 3. The normalized spacial score (nSPS) is 10.4. The molecule has 0 saturated carbocycles. The van der Waals surface area contributed by atoms with Gasteiger partial charge in [-0.1, -0.05) is 13.5 Å². The Kier molecular flexibility index (Phi) is 4.89. The third-order valence-electron chi connectivity index (χ3n) is 2.18. The van der Waals surface area contributed by atoms with Crippen LogP contribution in [0.5, 0.6) is 0 Å². The molecule has 1 aromatic heterocycles. The maximum Gasteiger partial charge on any atom is 0.268 e. The summed E-state index contributed by atoms with van der Waals surface area (Å²) in [6, 6.07) is 0. The fourth-order valence-corrected chi connectivity index (χ4v) is 1.59. The first-order valence-corrected chi connectivity index (χ1v) is 5.94. The van der Waals surface area contributed by atoms with Gasteiger partial charge >= 0.3 is 0 Å². The molecule has 5 heteroatoms. The van der Waals surface area contributed by atoms with Crippen molar-refractivity contribution in [3.8, 4) is 0 Å². The number of halogens is 1. The first-order valence-electron chi connectivity index (χ1n) is 5.15. The van der Waals surface area contributed by atoms with Crippen molar-refractivity contribution in [3.05, 3.63) is 39.0 Å².